The van der Waals surface area contributed by atoms with Crippen LogP contribution in [0.2, 0.25) is 0 Å². The Bertz CT molecular complexity index is 1740. The number of nitrogens with zero attached hydrogens (tertiary/aromatic N) is 2. The molecule has 4 rings (SSSR count). The van der Waals surface area contributed by atoms with Gasteiger partial charge in [-0.25, -0.2) is 27.0 Å². The molecule has 0 unspecified atom stereocenters. The average Bonchev–Trinajstić information content (AvgIpc) is 3.36. The van der Waals surface area contributed by atoms with E-state index in [1.54, 1.807) is 22.9 Å². The van der Waals surface area contributed by atoms with Crippen molar-refractivity contribution in [3.8, 4) is 11.1 Å². The van der Waals surface area contributed by atoms with Crippen LogP contribution in [-0.4, -0.2) is 67.3 Å². The average molecular weight is 574 g/mol. The summed E-state index contributed by atoms with van der Waals surface area (Å²) in [5.74, 6) is -4.95. The second-order valence-electron chi connectivity index (χ2n) is 8.49. The van der Waals surface area contributed by atoms with E-state index in [-0.39, 0.29) is 28.9 Å². The normalized spacial score (nSPS) is 12.1. The third kappa shape index (κ3) is 5.94. The minimum atomic E-state index is -4.03. The summed E-state index contributed by atoms with van der Waals surface area (Å²) in [5, 5.41) is 6.66. The number of rotatable bonds is 9. The molecule has 0 bridgehead atoms. The Morgan fingerprint density at radius 1 is 1.10 bits per heavy atom. The predicted octanol–water partition coefficient (Wildman–Crippen LogP) is 2.16. The topological polar surface area (TPSA) is 183 Å². The number of aromatic amines is 1. The molecule has 40 heavy (non-hydrogen) atoms. The first-order valence-corrected chi connectivity index (χ1v) is 13.2. The molecular weight excluding hydrogens is 552 g/mol. The highest BCUT2D eigenvalue weighted by Crippen LogP contribution is 2.28. The lowest BCUT2D eigenvalue weighted by atomic mass is 10.0. The third-order valence-electron chi connectivity index (χ3n) is 5.61. The number of ether oxygens (including phenoxy) is 2. The summed E-state index contributed by atoms with van der Waals surface area (Å²) in [6.07, 6.45) is 2.18. The number of fused-ring (bicyclic) bond motifs is 1. The van der Waals surface area contributed by atoms with Crippen molar-refractivity contribution in [2.45, 2.75) is 6.04 Å². The lowest BCUT2D eigenvalue weighted by molar-refractivity contribution is -0.143. The number of ketones is 1. The van der Waals surface area contributed by atoms with Gasteiger partial charge in [0.25, 0.3) is 0 Å². The van der Waals surface area contributed by atoms with E-state index in [0.29, 0.717) is 17.4 Å². The molecule has 2 aromatic carbocycles. The van der Waals surface area contributed by atoms with Crippen molar-refractivity contribution in [1.29, 1.82) is 0 Å². The summed E-state index contributed by atoms with van der Waals surface area (Å²) in [7, 11) is -2.87. The number of pyridine rings is 1. The first-order chi connectivity index (χ1) is 18.9. The highest BCUT2D eigenvalue weighted by molar-refractivity contribution is 7.92. The number of aromatic nitrogens is 3. The van der Waals surface area contributed by atoms with Gasteiger partial charge in [-0.3, -0.25) is 19.4 Å². The molecule has 4 aromatic rings. The van der Waals surface area contributed by atoms with Gasteiger partial charge < -0.3 is 15.2 Å². The van der Waals surface area contributed by atoms with Crippen molar-refractivity contribution >= 4 is 44.5 Å². The van der Waals surface area contributed by atoms with Gasteiger partial charge in [-0.15, -0.1) is 0 Å². The monoisotopic (exact) mass is 573 g/mol. The van der Waals surface area contributed by atoms with Crippen molar-refractivity contribution in [2.24, 2.45) is 5.73 Å². The summed E-state index contributed by atoms with van der Waals surface area (Å²) in [5.41, 5.74) is 5.21. The number of sulfonamides is 1. The summed E-state index contributed by atoms with van der Waals surface area (Å²) in [6, 6.07) is 8.20. The smallest absolute Gasteiger partial charge is 0.338 e. The first kappa shape index (κ1) is 28.3. The fourth-order valence-corrected chi connectivity index (χ4v) is 4.20. The third-order valence-corrected chi connectivity index (χ3v) is 6.19. The van der Waals surface area contributed by atoms with Gasteiger partial charge in [-0.1, -0.05) is 12.1 Å². The van der Waals surface area contributed by atoms with E-state index in [0.717, 1.165) is 19.2 Å². The fraction of sp³-hybridized carbons (Fsp3) is 0.160. The number of H-pyrrole nitrogens is 1. The molecular formula is C25H21F2N5O7S. The summed E-state index contributed by atoms with van der Waals surface area (Å²) >= 11 is 0. The van der Waals surface area contributed by atoms with Gasteiger partial charge in [0.05, 0.1) is 29.9 Å². The van der Waals surface area contributed by atoms with Gasteiger partial charge in [0.2, 0.25) is 15.8 Å². The van der Waals surface area contributed by atoms with Crippen molar-refractivity contribution in [3.05, 3.63) is 77.1 Å². The van der Waals surface area contributed by atoms with Crippen LogP contribution in [0.1, 0.15) is 26.4 Å². The van der Waals surface area contributed by atoms with Crippen LogP contribution in [0.5, 0.6) is 0 Å². The van der Waals surface area contributed by atoms with E-state index in [4.69, 9.17) is 10.5 Å². The molecule has 0 aliphatic rings. The minimum absolute atomic E-state index is 0.131. The second-order valence-corrected chi connectivity index (χ2v) is 10.2. The van der Waals surface area contributed by atoms with Gasteiger partial charge >= 0.3 is 11.9 Å². The Morgan fingerprint density at radius 3 is 2.45 bits per heavy atom. The number of hydrogen-bond acceptors (Lipinski definition) is 10. The van der Waals surface area contributed by atoms with Crippen LogP contribution < -0.4 is 10.5 Å². The molecule has 0 spiro atoms. The van der Waals surface area contributed by atoms with E-state index < -0.39 is 56.7 Å². The Kier molecular flexibility index (Phi) is 7.88. The summed E-state index contributed by atoms with van der Waals surface area (Å²) < 4.78 is 63.4. The van der Waals surface area contributed by atoms with Crippen LogP contribution in [0.15, 0.2) is 48.7 Å². The zero-order valence-electron chi connectivity index (χ0n) is 20.9. The number of anilines is 1. The largest absolute Gasteiger partial charge is 0.468 e. The number of carbonyl (C=O) groups excluding carboxylic acids is 3. The van der Waals surface area contributed by atoms with Gasteiger partial charge in [0, 0.05) is 11.8 Å². The Hall–Kier alpha value is -4.76. The minimum Gasteiger partial charge on any atom is -0.468 e. The molecule has 0 aliphatic carbocycles. The quantitative estimate of drug-likeness (QED) is 0.198. The van der Waals surface area contributed by atoms with E-state index >= 15 is 4.39 Å². The molecule has 0 radical (unpaired) electrons. The predicted molar refractivity (Wildman–Crippen MR) is 138 cm³/mol. The van der Waals surface area contributed by atoms with Crippen molar-refractivity contribution in [1.82, 2.24) is 15.2 Å². The number of nitrogens with two attached hydrogens (primary N) is 1. The summed E-state index contributed by atoms with van der Waals surface area (Å²) in [6.45, 7) is -0.369. The fourth-order valence-electron chi connectivity index (χ4n) is 3.64. The highest BCUT2D eigenvalue weighted by atomic mass is 32.2. The molecule has 2 heterocycles. The van der Waals surface area contributed by atoms with Crippen molar-refractivity contribution in [2.75, 3.05) is 24.7 Å². The van der Waals surface area contributed by atoms with E-state index in [1.807, 2.05) is 0 Å². The molecule has 0 saturated heterocycles. The second kappa shape index (κ2) is 11.2. The van der Waals surface area contributed by atoms with Crippen LogP contribution in [-0.2, 0) is 24.3 Å². The lowest BCUT2D eigenvalue weighted by Crippen LogP contribution is -2.36. The van der Waals surface area contributed by atoms with Crippen LogP contribution >= 0.6 is 0 Å². The number of methoxy groups -OCH3 is 1. The molecule has 0 aliphatic heterocycles. The number of esters is 2. The molecule has 1 atom stereocenters. The van der Waals surface area contributed by atoms with Crippen LogP contribution in [0.3, 0.4) is 0 Å². The van der Waals surface area contributed by atoms with Crippen LogP contribution in [0.4, 0.5) is 14.5 Å². The molecule has 208 valence electrons. The number of carbonyl (C=O) groups is 3. The van der Waals surface area contributed by atoms with E-state index in [1.165, 1.54) is 18.3 Å². The van der Waals surface area contributed by atoms with Gasteiger partial charge in [-0.2, -0.15) is 5.10 Å². The standard InChI is InChI=1S/C25H21F2N5O7S/c1-38-25(35)18(28)11-39-24(34)13-5-3-12(4-6-13)14-9-16-20(30-31-23(16)29-10-14)22(33)15-7-8-17(26)21(19(15)27)32-40(2,36)37/h3-10,18,32H,11,28H2,1-2H3,(H,29,30,31)/t18-/m0/s1. The molecule has 2 aromatic heterocycles. The van der Waals surface area contributed by atoms with E-state index in [2.05, 4.69) is 19.9 Å². The van der Waals surface area contributed by atoms with Crippen LogP contribution in [0, 0.1) is 11.6 Å². The van der Waals surface area contributed by atoms with Gasteiger partial charge in [0.1, 0.15) is 29.8 Å². The molecule has 0 amide bonds. The maximum absolute atomic E-state index is 15.0. The van der Waals surface area contributed by atoms with Crippen LogP contribution in [0.25, 0.3) is 22.2 Å². The number of nitrogens with one attached hydrogen (secondary N) is 2. The maximum atomic E-state index is 15.0. The Balaban J connectivity index is 1.60. The first-order valence-electron chi connectivity index (χ1n) is 11.3. The molecule has 15 heteroatoms. The Morgan fingerprint density at radius 2 is 1.80 bits per heavy atom. The van der Waals surface area contributed by atoms with E-state index in [9.17, 15) is 27.2 Å². The van der Waals surface area contributed by atoms with Crippen molar-refractivity contribution in [3.63, 3.8) is 0 Å². The highest BCUT2D eigenvalue weighted by Gasteiger charge is 2.25. The van der Waals surface area contributed by atoms with Gasteiger partial charge in [0.15, 0.2) is 11.5 Å². The van der Waals surface area contributed by atoms with Crippen molar-refractivity contribution < 1.29 is 41.1 Å². The Labute approximate surface area is 225 Å². The summed E-state index contributed by atoms with van der Waals surface area (Å²) in [4.78, 5) is 41.0. The zero-order chi connectivity index (χ0) is 29.2. The number of benzene rings is 2. The molecule has 0 saturated carbocycles. The molecule has 0 fully saturated rings. The maximum Gasteiger partial charge on any atom is 0.338 e. The lowest BCUT2D eigenvalue weighted by Gasteiger charge is -2.10. The zero-order valence-corrected chi connectivity index (χ0v) is 21.7. The number of hydrogen-bond donors (Lipinski definition) is 3. The van der Waals surface area contributed by atoms with Gasteiger partial charge in [-0.05, 0) is 35.9 Å². The SMILES string of the molecule is COC(=O)[C@@H](N)COC(=O)c1ccc(-c2cnc3n[nH]c(C(=O)c4ccc(F)c(NS(C)(=O)=O)c4F)c3c2)cc1. The molecule has 4 N–H and O–H groups in total. The number of halogens is 2. The molecule has 12 nitrogen and oxygen atoms in total.